The molecular formula is C13H16Cl2N2O2. The Morgan fingerprint density at radius 1 is 1.21 bits per heavy atom. The zero-order valence-electron chi connectivity index (χ0n) is 10.9. The highest BCUT2D eigenvalue weighted by Crippen LogP contribution is 2.39. The van der Waals surface area contributed by atoms with Crippen LogP contribution < -0.4 is 4.90 Å². The van der Waals surface area contributed by atoms with Gasteiger partial charge >= 0.3 is 0 Å². The van der Waals surface area contributed by atoms with Gasteiger partial charge in [-0.3, -0.25) is 10.1 Å². The van der Waals surface area contributed by atoms with Gasteiger partial charge in [-0.1, -0.05) is 37.0 Å². The van der Waals surface area contributed by atoms with Crippen LogP contribution in [-0.4, -0.2) is 18.0 Å². The van der Waals surface area contributed by atoms with Gasteiger partial charge in [0.1, 0.15) is 0 Å². The molecule has 0 unspecified atom stereocenters. The molecule has 0 saturated carbocycles. The summed E-state index contributed by atoms with van der Waals surface area (Å²) in [5, 5.41) is 11.5. The highest BCUT2D eigenvalue weighted by atomic mass is 35.5. The molecule has 1 aromatic carbocycles. The largest absolute Gasteiger partial charge is 0.369 e. The summed E-state index contributed by atoms with van der Waals surface area (Å²) in [6.45, 7) is 6.13. The van der Waals surface area contributed by atoms with Gasteiger partial charge in [0.2, 0.25) is 0 Å². The molecule has 0 bridgehead atoms. The number of nitro benzene ring substituents is 1. The number of rotatable bonds is 2. The fourth-order valence-electron chi connectivity index (χ4n) is 2.81. The summed E-state index contributed by atoms with van der Waals surface area (Å²) in [7, 11) is 0. The molecule has 1 fully saturated rings. The fraction of sp³-hybridized carbons (Fsp3) is 0.538. The van der Waals surface area contributed by atoms with Gasteiger partial charge in [-0.25, -0.2) is 0 Å². The van der Waals surface area contributed by atoms with Crippen molar-refractivity contribution < 1.29 is 4.92 Å². The Bertz CT molecular complexity index is 474. The molecular weight excluding hydrogens is 287 g/mol. The number of nitrogens with zero attached hydrogens (tertiary/aromatic N) is 2. The van der Waals surface area contributed by atoms with Crippen LogP contribution in [0, 0.1) is 22.0 Å². The Kier molecular flexibility index (Phi) is 4.21. The number of anilines is 1. The molecule has 4 nitrogen and oxygen atoms in total. The smallest absolute Gasteiger partial charge is 0.272 e. The molecule has 1 saturated heterocycles. The first-order chi connectivity index (χ1) is 8.88. The van der Waals surface area contributed by atoms with E-state index in [0.717, 1.165) is 13.1 Å². The lowest BCUT2D eigenvalue weighted by Gasteiger charge is -2.37. The van der Waals surface area contributed by atoms with Gasteiger partial charge in [0.15, 0.2) is 0 Å². The molecule has 2 rings (SSSR count). The van der Waals surface area contributed by atoms with Crippen molar-refractivity contribution in [2.75, 3.05) is 18.0 Å². The van der Waals surface area contributed by atoms with E-state index in [1.165, 1.54) is 18.6 Å². The highest BCUT2D eigenvalue weighted by molar-refractivity contribution is 6.39. The summed E-state index contributed by atoms with van der Waals surface area (Å²) in [4.78, 5) is 12.4. The van der Waals surface area contributed by atoms with Crippen LogP contribution in [0.25, 0.3) is 0 Å². The number of halogens is 2. The van der Waals surface area contributed by atoms with Gasteiger partial charge in [-0.2, -0.15) is 0 Å². The van der Waals surface area contributed by atoms with Crippen LogP contribution in [0.15, 0.2) is 12.1 Å². The van der Waals surface area contributed by atoms with Crippen LogP contribution in [0.4, 0.5) is 11.4 Å². The summed E-state index contributed by atoms with van der Waals surface area (Å²) in [6, 6.07) is 2.74. The molecule has 0 radical (unpaired) electrons. The molecule has 19 heavy (non-hydrogen) atoms. The van der Waals surface area contributed by atoms with Crippen molar-refractivity contribution in [1.82, 2.24) is 0 Å². The molecule has 0 spiro atoms. The quantitative estimate of drug-likeness (QED) is 0.601. The Morgan fingerprint density at radius 3 is 2.11 bits per heavy atom. The average Bonchev–Trinajstić information content (AvgIpc) is 2.26. The summed E-state index contributed by atoms with van der Waals surface area (Å²) in [5.41, 5.74) is 0.643. The third-order valence-electron chi connectivity index (χ3n) is 3.40. The van der Waals surface area contributed by atoms with Crippen molar-refractivity contribution in [2.24, 2.45) is 11.8 Å². The number of nitro groups is 1. The lowest BCUT2D eigenvalue weighted by Crippen LogP contribution is -2.39. The molecule has 1 heterocycles. The molecule has 0 amide bonds. The predicted octanol–water partition coefficient (Wildman–Crippen LogP) is 4.38. The van der Waals surface area contributed by atoms with Crippen LogP contribution >= 0.6 is 23.2 Å². The zero-order valence-corrected chi connectivity index (χ0v) is 12.4. The van der Waals surface area contributed by atoms with Gasteiger partial charge in [-0.05, 0) is 18.3 Å². The van der Waals surface area contributed by atoms with Crippen LogP contribution in [0.2, 0.25) is 10.0 Å². The summed E-state index contributed by atoms with van der Waals surface area (Å²) >= 11 is 12.4. The molecule has 1 aromatic rings. The lowest BCUT2D eigenvalue weighted by molar-refractivity contribution is -0.384. The third-order valence-corrected chi connectivity index (χ3v) is 3.97. The van der Waals surface area contributed by atoms with Gasteiger partial charge in [0.25, 0.3) is 5.69 Å². The first-order valence-corrected chi connectivity index (χ1v) is 7.02. The normalized spacial score (nSPS) is 23.5. The predicted molar refractivity (Wildman–Crippen MR) is 78.3 cm³/mol. The number of non-ortho nitro benzene ring substituents is 1. The summed E-state index contributed by atoms with van der Waals surface area (Å²) < 4.78 is 0. The molecule has 0 aliphatic carbocycles. The maximum Gasteiger partial charge on any atom is 0.272 e. The Labute approximate surface area is 122 Å². The Morgan fingerprint density at radius 2 is 1.68 bits per heavy atom. The molecule has 2 atom stereocenters. The van der Waals surface area contributed by atoms with Crippen molar-refractivity contribution in [3.8, 4) is 0 Å². The highest BCUT2D eigenvalue weighted by Gasteiger charge is 2.26. The number of benzene rings is 1. The minimum absolute atomic E-state index is 0.0724. The van der Waals surface area contributed by atoms with Crippen LogP contribution in [0.3, 0.4) is 0 Å². The van der Waals surface area contributed by atoms with Crippen molar-refractivity contribution in [2.45, 2.75) is 20.3 Å². The first-order valence-electron chi connectivity index (χ1n) is 6.27. The van der Waals surface area contributed by atoms with E-state index in [1.807, 2.05) is 0 Å². The lowest BCUT2D eigenvalue weighted by atomic mass is 9.91. The topological polar surface area (TPSA) is 46.4 Å². The van der Waals surface area contributed by atoms with Crippen LogP contribution in [0.5, 0.6) is 0 Å². The van der Waals surface area contributed by atoms with E-state index in [1.54, 1.807) is 0 Å². The monoisotopic (exact) mass is 302 g/mol. The molecule has 0 N–H and O–H groups in total. The van der Waals surface area contributed by atoms with Gasteiger partial charge < -0.3 is 4.90 Å². The molecule has 1 aliphatic heterocycles. The second-order valence-corrected chi connectivity index (χ2v) is 6.18. The van der Waals surface area contributed by atoms with E-state index in [4.69, 9.17) is 23.2 Å². The first kappa shape index (κ1) is 14.4. The van der Waals surface area contributed by atoms with Crippen molar-refractivity contribution in [1.29, 1.82) is 0 Å². The SMILES string of the molecule is C[C@@H]1C[C@H](C)CN(c2c(Cl)cc([N+](=O)[O-])cc2Cl)C1. The van der Waals surface area contributed by atoms with E-state index in [9.17, 15) is 10.1 Å². The Hall–Kier alpha value is -1.00. The van der Waals surface area contributed by atoms with E-state index >= 15 is 0 Å². The average molecular weight is 303 g/mol. The second-order valence-electron chi connectivity index (χ2n) is 5.37. The maximum absolute atomic E-state index is 10.8. The van der Waals surface area contributed by atoms with Crippen molar-refractivity contribution in [3.63, 3.8) is 0 Å². The number of hydrogen-bond acceptors (Lipinski definition) is 3. The van der Waals surface area contributed by atoms with E-state index < -0.39 is 4.92 Å². The van der Waals surface area contributed by atoms with Gasteiger partial charge in [-0.15, -0.1) is 0 Å². The van der Waals surface area contributed by atoms with Gasteiger partial charge in [0, 0.05) is 25.2 Å². The molecule has 0 aromatic heterocycles. The van der Waals surface area contributed by atoms with Gasteiger partial charge in [0.05, 0.1) is 20.7 Å². The van der Waals surface area contributed by atoms with Crippen LogP contribution in [-0.2, 0) is 0 Å². The Balaban J connectivity index is 2.37. The number of hydrogen-bond donors (Lipinski definition) is 0. The van der Waals surface area contributed by atoms with E-state index in [0.29, 0.717) is 27.6 Å². The summed E-state index contributed by atoms with van der Waals surface area (Å²) in [6.07, 6.45) is 1.18. The third kappa shape index (κ3) is 3.12. The molecule has 104 valence electrons. The zero-order chi connectivity index (χ0) is 14.2. The fourth-order valence-corrected chi connectivity index (χ4v) is 3.52. The maximum atomic E-state index is 10.8. The minimum Gasteiger partial charge on any atom is -0.369 e. The molecule has 1 aliphatic rings. The summed E-state index contributed by atoms with van der Waals surface area (Å²) in [5.74, 6) is 1.12. The standard InChI is InChI=1S/C13H16Cl2N2O2/c1-8-3-9(2)7-16(6-8)13-11(14)4-10(17(18)19)5-12(13)15/h4-5,8-9H,3,6-7H2,1-2H3/t8-,9+. The van der Waals surface area contributed by atoms with Crippen molar-refractivity contribution in [3.05, 3.63) is 32.3 Å². The van der Waals surface area contributed by atoms with E-state index in [-0.39, 0.29) is 5.69 Å². The number of piperidine rings is 1. The second kappa shape index (κ2) is 5.55. The van der Waals surface area contributed by atoms with Crippen LogP contribution in [0.1, 0.15) is 20.3 Å². The molecule has 6 heteroatoms. The van der Waals surface area contributed by atoms with Crippen molar-refractivity contribution >= 4 is 34.6 Å². The van der Waals surface area contributed by atoms with E-state index in [2.05, 4.69) is 18.7 Å². The minimum atomic E-state index is -0.483.